The number of carbonyl (C=O) groups is 1. The predicted octanol–water partition coefficient (Wildman–Crippen LogP) is 1.94. The molecule has 1 aliphatic heterocycles. The van der Waals surface area contributed by atoms with E-state index in [1.165, 1.54) is 0 Å². The lowest BCUT2D eigenvalue weighted by molar-refractivity contribution is -0.303. The second kappa shape index (κ2) is 6.32. The van der Waals surface area contributed by atoms with Crippen LogP contribution >= 0.6 is 0 Å². The second-order valence-corrected chi connectivity index (χ2v) is 5.76. The molecule has 23 heavy (non-hydrogen) atoms. The number of urea groups is 1. The number of aromatic nitrogens is 1. The van der Waals surface area contributed by atoms with Gasteiger partial charge in [-0.15, -0.1) is 0 Å². The monoisotopic (exact) mass is 332 g/mol. The Balaban J connectivity index is 1.97. The van der Waals surface area contributed by atoms with E-state index in [0.717, 1.165) is 17.7 Å². The summed E-state index contributed by atoms with van der Waals surface area (Å²) in [5.74, 6) is 0. The van der Waals surface area contributed by atoms with Gasteiger partial charge in [0.05, 0.1) is 18.8 Å². The van der Waals surface area contributed by atoms with Crippen LogP contribution in [0.2, 0.25) is 0 Å². The minimum absolute atomic E-state index is 0.490. The van der Waals surface area contributed by atoms with E-state index in [2.05, 4.69) is 15.0 Å². The van der Waals surface area contributed by atoms with E-state index < -0.39 is 30.9 Å². The summed E-state index contributed by atoms with van der Waals surface area (Å²) in [5, 5.41) is 2.58. The van der Waals surface area contributed by atoms with Crippen LogP contribution in [0.5, 0.6) is 0 Å². The van der Waals surface area contributed by atoms with Crippen LogP contribution in [0.1, 0.15) is 5.69 Å². The number of nitrogens with zero attached hydrogens (tertiary/aromatic N) is 3. The molecule has 1 saturated heterocycles. The molecule has 6 nitrogen and oxygen atoms in total. The summed E-state index contributed by atoms with van der Waals surface area (Å²) in [6.45, 7) is -0.447. The molecule has 2 rings (SSSR count). The van der Waals surface area contributed by atoms with E-state index >= 15 is 0 Å². The number of hydrogen-bond donors (Lipinski definition) is 1. The Morgan fingerprint density at radius 2 is 2.13 bits per heavy atom. The molecule has 0 atom stereocenters. The van der Waals surface area contributed by atoms with Gasteiger partial charge < -0.3 is 19.9 Å². The van der Waals surface area contributed by atoms with Crippen LogP contribution in [0.15, 0.2) is 18.3 Å². The molecule has 9 heteroatoms. The van der Waals surface area contributed by atoms with Gasteiger partial charge in [0.25, 0.3) is 0 Å². The molecule has 2 heterocycles. The Morgan fingerprint density at radius 1 is 1.48 bits per heavy atom. The van der Waals surface area contributed by atoms with Crippen LogP contribution in [-0.4, -0.2) is 66.9 Å². The Morgan fingerprint density at radius 3 is 2.65 bits per heavy atom. The molecule has 1 N–H and O–H groups in total. The van der Waals surface area contributed by atoms with Crippen molar-refractivity contribution >= 4 is 11.7 Å². The maximum Gasteiger partial charge on any atom is 0.420 e. The molecule has 0 saturated carbocycles. The van der Waals surface area contributed by atoms with E-state index in [0.29, 0.717) is 12.2 Å². The lowest BCUT2D eigenvalue weighted by Crippen LogP contribution is -2.71. The SMILES string of the molecule is COC1(C(F)(F)F)CN(C(=O)Nc2ccnc(CN(C)C)c2)C1. The zero-order valence-electron chi connectivity index (χ0n) is 13.1. The van der Waals surface area contributed by atoms with Crippen molar-refractivity contribution in [3.05, 3.63) is 24.0 Å². The number of pyridine rings is 1. The van der Waals surface area contributed by atoms with Crippen molar-refractivity contribution in [2.24, 2.45) is 0 Å². The topological polar surface area (TPSA) is 57.7 Å². The number of ether oxygens (including phenoxy) is 1. The first-order valence-electron chi connectivity index (χ1n) is 6.94. The quantitative estimate of drug-likeness (QED) is 0.915. The molecule has 0 bridgehead atoms. The molecule has 1 fully saturated rings. The highest BCUT2D eigenvalue weighted by Crippen LogP contribution is 2.40. The number of rotatable bonds is 4. The summed E-state index contributed by atoms with van der Waals surface area (Å²) in [6, 6.07) is 2.68. The van der Waals surface area contributed by atoms with E-state index in [-0.39, 0.29) is 0 Å². The van der Waals surface area contributed by atoms with Crippen molar-refractivity contribution in [2.45, 2.75) is 18.3 Å². The van der Waals surface area contributed by atoms with E-state index in [9.17, 15) is 18.0 Å². The molecule has 0 aliphatic carbocycles. The Kier molecular flexibility index (Phi) is 4.81. The van der Waals surface area contributed by atoms with Crippen LogP contribution in [0.25, 0.3) is 0 Å². The van der Waals surface area contributed by atoms with Gasteiger partial charge in [-0.25, -0.2) is 4.79 Å². The second-order valence-electron chi connectivity index (χ2n) is 5.76. The van der Waals surface area contributed by atoms with Crippen molar-refractivity contribution < 1.29 is 22.7 Å². The van der Waals surface area contributed by atoms with Crippen LogP contribution in [0.4, 0.5) is 23.7 Å². The van der Waals surface area contributed by atoms with Gasteiger partial charge in [0.15, 0.2) is 5.60 Å². The van der Waals surface area contributed by atoms with Crippen molar-refractivity contribution in [3.8, 4) is 0 Å². The highest BCUT2D eigenvalue weighted by molar-refractivity contribution is 5.90. The van der Waals surface area contributed by atoms with Crippen molar-refractivity contribution in [1.82, 2.24) is 14.8 Å². The molecule has 0 aromatic carbocycles. The molecule has 1 aromatic rings. The van der Waals surface area contributed by atoms with Crippen LogP contribution in [0, 0.1) is 0 Å². The minimum Gasteiger partial charge on any atom is -0.365 e. The van der Waals surface area contributed by atoms with Gasteiger partial charge in [-0.1, -0.05) is 0 Å². The van der Waals surface area contributed by atoms with E-state index in [4.69, 9.17) is 0 Å². The van der Waals surface area contributed by atoms with E-state index in [1.54, 1.807) is 18.3 Å². The summed E-state index contributed by atoms with van der Waals surface area (Å²) in [5.41, 5.74) is -1.03. The number of amides is 2. The van der Waals surface area contributed by atoms with Gasteiger partial charge >= 0.3 is 12.2 Å². The van der Waals surface area contributed by atoms with Crippen LogP contribution < -0.4 is 5.32 Å². The molecule has 0 radical (unpaired) electrons. The first kappa shape index (κ1) is 17.5. The third kappa shape index (κ3) is 3.73. The number of carbonyl (C=O) groups excluding carboxylic acids is 1. The average molecular weight is 332 g/mol. The van der Waals surface area contributed by atoms with Crippen LogP contribution in [0.3, 0.4) is 0 Å². The summed E-state index contributed by atoms with van der Waals surface area (Å²) in [6.07, 6.45) is -2.96. The maximum atomic E-state index is 12.9. The van der Waals surface area contributed by atoms with E-state index in [1.807, 2.05) is 19.0 Å². The van der Waals surface area contributed by atoms with Gasteiger partial charge in [-0.2, -0.15) is 13.2 Å². The van der Waals surface area contributed by atoms with Gasteiger partial charge in [-0.3, -0.25) is 4.98 Å². The first-order valence-corrected chi connectivity index (χ1v) is 6.94. The summed E-state index contributed by atoms with van der Waals surface area (Å²) in [4.78, 5) is 19.2. The fraction of sp³-hybridized carbons (Fsp3) is 0.571. The van der Waals surface area contributed by atoms with Crippen LogP contribution in [-0.2, 0) is 11.3 Å². The lowest BCUT2D eigenvalue weighted by atomic mass is 9.93. The first-order chi connectivity index (χ1) is 10.7. The number of anilines is 1. The fourth-order valence-electron chi connectivity index (χ4n) is 2.31. The number of hydrogen-bond acceptors (Lipinski definition) is 4. The molecule has 0 unspecified atom stereocenters. The largest absolute Gasteiger partial charge is 0.420 e. The number of methoxy groups -OCH3 is 1. The Bertz CT molecular complexity index is 571. The molecule has 2 amide bonds. The fourth-order valence-corrected chi connectivity index (χ4v) is 2.31. The van der Waals surface area contributed by atoms with Gasteiger partial charge in [0, 0.05) is 25.5 Å². The maximum absolute atomic E-state index is 12.9. The summed E-state index contributed by atoms with van der Waals surface area (Å²) >= 11 is 0. The number of alkyl halides is 3. The molecule has 128 valence electrons. The lowest BCUT2D eigenvalue weighted by Gasteiger charge is -2.49. The molecular formula is C14H19F3N4O2. The smallest absolute Gasteiger partial charge is 0.365 e. The number of nitrogens with one attached hydrogen (secondary N) is 1. The highest BCUT2D eigenvalue weighted by atomic mass is 19.4. The third-order valence-corrected chi connectivity index (χ3v) is 3.63. The zero-order valence-corrected chi connectivity index (χ0v) is 13.1. The molecule has 1 aliphatic rings. The van der Waals surface area contributed by atoms with Crippen molar-refractivity contribution in [3.63, 3.8) is 0 Å². The average Bonchev–Trinajstić information content (AvgIpc) is 2.35. The third-order valence-electron chi connectivity index (χ3n) is 3.63. The molecular weight excluding hydrogens is 313 g/mol. The highest BCUT2D eigenvalue weighted by Gasteiger charge is 2.63. The Labute approximate surface area is 132 Å². The zero-order chi connectivity index (χ0) is 17.3. The van der Waals surface area contributed by atoms with Gasteiger partial charge in [-0.05, 0) is 26.2 Å². The van der Waals surface area contributed by atoms with Crippen molar-refractivity contribution in [1.29, 1.82) is 0 Å². The number of likely N-dealkylation sites (tertiary alicyclic amines) is 1. The van der Waals surface area contributed by atoms with Gasteiger partial charge in [0.2, 0.25) is 0 Å². The standard InChI is InChI=1S/C14H19F3N4O2/c1-20(2)7-11-6-10(4-5-18-11)19-12(22)21-8-13(9-21,23-3)14(15,16)17/h4-6H,7-9H2,1-3H3,(H,18,19,22). The normalized spacial score (nSPS) is 17.1. The summed E-state index contributed by atoms with van der Waals surface area (Å²) in [7, 11) is 4.77. The molecule has 1 aromatic heterocycles. The minimum atomic E-state index is -4.51. The molecule has 0 spiro atoms. The summed E-state index contributed by atoms with van der Waals surface area (Å²) < 4.78 is 43.3. The van der Waals surface area contributed by atoms with Crippen molar-refractivity contribution in [2.75, 3.05) is 39.6 Å². The Hall–Kier alpha value is -1.87. The number of halogens is 3. The van der Waals surface area contributed by atoms with Gasteiger partial charge in [0.1, 0.15) is 0 Å². The predicted molar refractivity (Wildman–Crippen MR) is 78.0 cm³/mol.